The lowest BCUT2D eigenvalue weighted by molar-refractivity contribution is 1.35. The van der Waals surface area contributed by atoms with E-state index in [1.54, 1.807) is 0 Å². The predicted molar refractivity (Wildman–Crippen MR) is 121 cm³/mol. The van der Waals surface area contributed by atoms with Gasteiger partial charge in [0, 0.05) is 6.04 Å². The van der Waals surface area contributed by atoms with Crippen LogP contribution < -0.4 is 15.9 Å². The van der Waals surface area contributed by atoms with Gasteiger partial charge in [-0.3, -0.25) is 0 Å². The van der Waals surface area contributed by atoms with Crippen molar-refractivity contribution in [1.82, 2.24) is 0 Å². The van der Waals surface area contributed by atoms with Crippen molar-refractivity contribution < 1.29 is 0 Å². The molecule has 3 aromatic rings. The van der Waals surface area contributed by atoms with Crippen LogP contribution in [0.2, 0.25) is 0 Å². The van der Waals surface area contributed by atoms with Crippen LogP contribution >= 0.6 is 6.04 Å². The average Bonchev–Trinajstić information content (AvgIpc) is 2.61. The Labute approximate surface area is 163 Å². The molecule has 134 valence electrons. The summed E-state index contributed by atoms with van der Waals surface area (Å²) < 4.78 is 0. The molecule has 3 rings (SSSR count). The van der Waals surface area contributed by atoms with Crippen molar-refractivity contribution >= 4 is 33.8 Å². The Morgan fingerprint density at radius 1 is 0.500 bits per heavy atom. The van der Waals surface area contributed by atoms with Gasteiger partial charge in [0.25, 0.3) is 0 Å². The number of rotatable bonds is 3. The molecule has 0 fully saturated rings. The molecule has 26 heavy (non-hydrogen) atoms. The summed E-state index contributed by atoms with van der Waals surface area (Å²) in [6, 6.07) is 17.7. The number of hydrogen-bond donors (Lipinski definition) is 0. The zero-order chi connectivity index (χ0) is 19.1. The monoisotopic (exact) mass is 378 g/mol. The normalized spacial score (nSPS) is 11.6. The summed E-state index contributed by atoms with van der Waals surface area (Å²) in [6.07, 6.45) is 0. The van der Waals surface area contributed by atoms with Crippen LogP contribution in [-0.4, -0.2) is 0 Å². The summed E-state index contributed by atoms with van der Waals surface area (Å²) >= 11 is 6.65. The molecule has 0 N–H and O–H groups in total. The molecule has 0 saturated heterocycles. The summed E-state index contributed by atoms with van der Waals surface area (Å²) in [7, 11) is 0. The van der Waals surface area contributed by atoms with Gasteiger partial charge in [-0.15, -0.1) is 0 Å². The maximum Gasteiger partial charge on any atom is 0.0387 e. The third-order valence-corrected chi connectivity index (χ3v) is 11.0. The highest BCUT2D eigenvalue weighted by molar-refractivity contribution is 8.25. The minimum atomic E-state index is -2.14. The van der Waals surface area contributed by atoms with Gasteiger partial charge in [-0.25, -0.2) is 0 Å². The standard InChI is InChI=1S/C24H27PS/c1-16-10-7-13-22(19(16)4)25(26,23-14-8-11-17(2)20(23)5)24-15-9-12-18(3)21(24)6/h7-15H,1-6H3. The first kappa shape index (κ1) is 19.1. The van der Waals surface area contributed by atoms with Crippen molar-refractivity contribution in [3.8, 4) is 0 Å². The first-order valence-electron chi connectivity index (χ1n) is 9.09. The zero-order valence-corrected chi connectivity index (χ0v) is 18.3. The maximum atomic E-state index is 6.65. The number of hydrogen-bond acceptors (Lipinski definition) is 1. The molecular weight excluding hydrogens is 351 g/mol. The lowest BCUT2D eigenvalue weighted by Gasteiger charge is -2.30. The largest absolute Gasteiger partial charge is 0.0826 e. The van der Waals surface area contributed by atoms with Crippen molar-refractivity contribution in [2.75, 3.05) is 0 Å². The molecule has 0 aliphatic carbocycles. The Kier molecular flexibility index (Phi) is 5.24. The Bertz CT molecular complexity index is 898. The second kappa shape index (κ2) is 7.14. The molecule has 0 atom stereocenters. The van der Waals surface area contributed by atoms with Crippen molar-refractivity contribution in [1.29, 1.82) is 0 Å². The molecule has 0 nitrogen and oxygen atoms in total. The molecule has 0 aliphatic rings. The molecule has 0 spiro atoms. The Hall–Kier alpha value is -1.69. The SMILES string of the molecule is Cc1cccc(P(=S)(c2cccc(C)c2C)c2cccc(C)c2C)c1C. The van der Waals surface area contributed by atoms with E-state index in [1.807, 2.05) is 0 Å². The zero-order valence-electron chi connectivity index (χ0n) is 16.6. The summed E-state index contributed by atoms with van der Waals surface area (Å²) in [4.78, 5) is 0. The molecule has 0 unspecified atom stereocenters. The van der Waals surface area contributed by atoms with Gasteiger partial charge in [-0.1, -0.05) is 66.4 Å². The van der Waals surface area contributed by atoms with Crippen LogP contribution in [0.15, 0.2) is 54.6 Å². The lowest BCUT2D eigenvalue weighted by Crippen LogP contribution is -2.30. The molecule has 0 saturated carbocycles. The molecule has 2 heteroatoms. The van der Waals surface area contributed by atoms with Gasteiger partial charge in [-0.2, -0.15) is 0 Å². The molecule has 0 amide bonds. The van der Waals surface area contributed by atoms with Crippen LogP contribution in [0, 0.1) is 41.5 Å². The van der Waals surface area contributed by atoms with Crippen LogP contribution in [0.1, 0.15) is 33.4 Å². The summed E-state index contributed by atoms with van der Waals surface area (Å²) in [5.74, 6) is 0. The molecule has 0 heterocycles. The van der Waals surface area contributed by atoms with Crippen LogP contribution in [0.3, 0.4) is 0 Å². The Morgan fingerprint density at radius 3 is 1.04 bits per heavy atom. The first-order valence-corrected chi connectivity index (χ1v) is 11.9. The lowest BCUT2D eigenvalue weighted by atomic mass is 10.1. The minimum Gasteiger partial charge on any atom is -0.0826 e. The second-order valence-electron chi connectivity index (χ2n) is 7.27. The Morgan fingerprint density at radius 2 is 0.769 bits per heavy atom. The van der Waals surface area contributed by atoms with Gasteiger partial charge < -0.3 is 0 Å². The van der Waals surface area contributed by atoms with Crippen molar-refractivity contribution in [2.45, 2.75) is 41.5 Å². The molecule has 3 aromatic carbocycles. The smallest absolute Gasteiger partial charge is 0.0387 e. The molecule has 0 aromatic heterocycles. The van der Waals surface area contributed by atoms with E-state index in [1.165, 1.54) is 49.3 Å². The van der Waals surface area contributed by atoms with Gasteiger partial charge in [0.2, 0.25) is 0 Å². The highest BCUT2D eigenvalue weighted by Gasteiger charge is 2.30. The van der Waals surface area contributed by atoms with Crippen LogP contribution in [0.4, 0.5) is 0 Å². The molecule has 0 aliphatic heterocycles. The van der Waals surface area contributed by atoms with E-state index in [2.05, 4.69) is 96.1 Å². The van der Waals surface area contributed by atoms with Crippen molar-refractivity contribution in [2.24, 2.45) is 0 Å². The summed E-state index contributed by atoms with van der Waals surface area (Å²) in [6.45, 7) is 13.2. The first-order chi connectivity index (χ1) is 12.3. The maximum absolute atomic E-state index is 6.65. The average molecular weight is 379 g/mol. The third-order valence-electron chi connectivity index (χ3n) is 5.75. The fourth-order valence-corrected chi connectivity index (χ4v) is 9.01. The van der Waals surface area contributed by atoms with Gasteiger partial charge in [-0.05, 0) is 90.8 Å². The highest BCUT2D eigenvalue weighted by atomic mass is 32.4. The fourth-order valence-electron chi connectivity index (χ4n) is 3.62. The summed E-state index contributed by atoms with van der Waals surface area (Å²) in [5, 5.41) is 3.99. The van der Waals surface area contributed by atoms with Crippen LogP contribution in [0.25, 0.3) is 0 Å². The van der Waals surface area contributed by atoms with Crippen molar-refractivity contribution in [3.63, 3.8) is 0 Å². The minimum absolute atomic E-state index is 1.31. The van der Waals surface area contributed by atoms with Crippen molar-refractivity contribution in [3.05, 3.63) is 88.0 Å². The summed E-state index contributed by atoms with van der Waals surface area (Å²) in [5.41, 5.74) is 7.93. The van der Waals surface area contributed by atoms with E-state index in [9.17, 15) is 0 Å². The highest BCUT2D eigenvalue weighted by Crippen LogP contribution is 2.46. The van der Waals surface area contributed by atoms with Gasteiger partial charge in [0.05, 0.1) is 0 Å². The van der Waals surface area contributed by atoms with Crippen LogP contribution in [-0.2, 0) is 11.8 Å². The molecular formula is C24H27PS. The second-order valence-corrected chi connectivity index (χ2v) is 11.6. The van der Waals surface area contributed by atoms with E-state index in [0.717, 1.165) is 0 Å². The van der Waals surface area contributed by atoms with Gasteiger partial charge in [0.1, 0.15) is 0 Å². The van der Waals surface area contributed by atoms with Crippen LogP contribution in [0.5, 0.6) is 0 Å². The van der Waals surface area contributed by atoms with Gasteiger partial charge >= 0.3 is 0 Å². The van der Waals surface area contributed by atoms with E-state index < -0.39 is 6.04 Å². The van der Waals surface area contributed by atoms with E-state index in [-0.39, 0.29) is 0 Å². The molecule has 0 bridgehead atoms. The van der Waals surface area contributed by atoms with E-state index in [4.69, 9.17) is 11.8 Å². The predicted octanol–water partition coefficient (Wildman–Crippen LogP) is 5.29. The topological polar surface area (TPSA) is 0 Å². The number of aryl methyl sites for hydroxylation is 3. The number of benzene rings is 3. The Balaban J connectivity index is 2.48. The van der Waals surface area contributed by atoms with Gasteiger partial charge in [0.15, 0.2) is 0 Å². The van der Waals surface area contributed by atoms with E-state index >= 15 is 0 Å². The third kappa shape index (κ3) is 2.98. The fraction of sp³-hybridized carbons (Fsp3) is 0.250. The molecule has 0 radical (unpaired) electrons. The quantitative estimate of drug-likeness (QED) is 0.558. The van der Waals surface area contributed by atoms with E-state index in [0.29, 0.717) is 0 Å².